The minimum atomic E-state index is -0.276. The van der Waals surface area contributed by atoms with E-state index in [1.807, 2.05) is 0 Å². The van der Waals surface area contributed by atoms with Crippen LogP contribution in [0.25, 0.3) is 0 Å². The predicted octanol–water partition coefficient (Wildman–Crippen LogP) is 2.70. The maximum atomic E-state index is 10.2. The Hall–Kier alpha value is -0.660. The molecule has 1 atom stereocenters. The van der Waals surface area contributed by atoms with Gasteiger partial charge in [-0.3, -0.25) is 0 Å². The Morgan fingerprint density at radius 3 is 2.40 bits per heavy atom. The van der Waals surface area contributed by atoms with Crippen molar-refractivity contribution in [2.45, 2.75) is 51.0 Å². The highest BCUT2D eigenvalue weighted by atomic mass is 16.5. The normalized spacial score (nSPS) is 22.5. The van der Waals surface area contributed by atoms with Gasteiger partial charge in [-0.2, -0.15) is 0 Å². The summed E-state index contributed by atoms with van der Waals surface area (Å²) in [6.07, 6.45) is 9.19. The summed E-state index contributed by atoms with van der Waals surface area (Å²) in [6.45, 7) is 2.50. The average Bonchev–Trinajstić information content (AvgIpc) is 2.54. The van der Waals surface area contributed by atoms with Gasteiger partial charge in [-0.05, 0) is 25.7 Å². The lowest BCUT2D eigenvalue weighted by molar-refractivity contribution is -0.0403. The predicted molar refractivity (Wildman–Crippen MR) is 59.6 cm³/mol. The summed E-state index contributed by atoms with van der Waals surface area (Å²) < 4.78 is 5.56. The average molecular weight is 211 g/mol. The fourth-order valence-corrected chi connectivity index (χ4v) is 2.44. The van der Waals surface area contributed by atoms with E-state index in [-0.39, 0.29) is 5.60 Å². The van der Waals surface area contributed by atoms with Crippen molar-refractivity contribution in [3.8, 4) is 0 Å². The summed E-state index contributed by atoms with van der Waals surface area (Å²) >= 11 is 0. The van der Waals surface area contributed by atoms with Gasteiger partial charge in [0.25, 0.3) is 0 Å². The Balaban J connectivity index is 2.64. The molecule has 1 aliphatic rings. The molecular weight excluding hydrogens is 190 g/mol. The molecule has 1 aliphatic carbocycles. The Morgan fingerprint density at radius 2 is 1.93 bits per heavy atom. The van der Waals surface area contributed by atoms with Gasteiger partial charge in [0.2, 0.25) is 6.08 Å². The summed E-state index contributed by atoms with van der Waals surface area (Å²) in [7, 11) is 1.71. The molecule has 1 unspecified atom stereocenters. The van der Waals surface area contributed by atoms with Crippen LogP contribution in [0.2, 0.25) is 0 Å². The molecule has 86 valence electrons. The third kappa shape index (κ3) is 3.44. The fraction of sp³-hybridized carbons (Fsp3) is 0.917. The SMILES string of the molecule is COC(C)(CN=C=O)C1CCCCCC1. The van der Waals surface area contributed by atoms with Gasteiger partial charge in [0.15, 0.2) is 0 Å². The second kappa shape index (κ2) is 6.04. The number of ether oxygens (including phenoxy) is 1. The first-order valence-corrected chi connectivity index (χ1v) is 5.82. The molecule has 0 bridgehead atoms. The lowest BCUT2D eigenvalue weighted by atomic mass is 9.83. The molecule has 0 radical (unpaired) electrons. The number of methoxy groups -OCH3 is 1. The Morgan fingerprint density at radius 1 is 1.33 bits per heavy atom. The molecule has 0 spiro atoms. The Bertz CT molecular complexity index is 228. The standard InChI is InChI=1S/C12H21NO2/c1-12(15-2,9-13-10-14)11-7-5-3-4-6-8-11/h11H,3-9H2,1-2H3. The fourth-order valence-electron chi connectivity index (χ4n) is 2.44. The topological polar surface area (TPSA) is 38.7 Å². The van der Waals surface area contributed by atoms with Crippen LogP contribution in [0, 0.1) is 5.92 Å². The number of nitrogens with zero attached hydrogens (tertiary/aromatic N) is 1. The lowest BCUT2D eigenvalue weighted by Gasteiger charge is -2.34. The van der Waals surface area contributed by atoms with Crippen molar-refractivity contribution in [2.24, 2.45) is 10.9 Å². The third-order valence-electron chi connectivity index (χ3n) is 3.64. The molecule has 0 aliphatic heterocycles. The number of aliphatic imine (C=N–C) groups is 1. The molecule has 0 aromatic heterocycles. The molecule has 0 amide bonds. The van der Waals surface area contributed by atoms with Gasteiger partial charge in [0, 0.05) is 7.11 Å². The van der Waals surface area contributed by atoms with Crippen molar-refractivity contribution in [2.75, 3.05) is 13.7 Å². The van der Waals surface area contributed by atoms with Crippen LogP contribution in [0.4, 0.5) is 0 Å². The summed E-state index contributed by atoms with van der Waals surface area (Å²) in [5.74, 6) is 0.530. The van der Waals surface area contributed by atoms with Crippen LogP contribution >= 0.6 is 0 Å². The monoisotopic (exact) mass is 211 g/mol. The number of carbonyl (C=O) groups excluding carboxylic acids is 1. The first-order valence-electron chi connectivity index (χ1n) is 5.82. The molecule has 0 aromatic carbocycles. The van der Waals surface area contributed by atoms with Gasteiger partial charge in [-0.15, -0.1) is 0 Å². The second-order valence-corrected chi connectivity index (χ2v) is 4.61. The van der Waals surface area contributed by atoms with E-state index in [4.69, 9.17) is 4.74 Å². The van der Waals surface area contributed by atoms with Crippen LogP contribution in [0.15, 0.2) is 4.99 Å². The van der Waals surface area contributed by atoms with Crippen LogP contribution < -0.4 is 0 Å². The van der Waals surface area contributed by atoms with Crippen LogP contribution in [0.1, 0.15) is 45.4 Å². The first-order chi connectivity index (χ1) is 7.23. The molecule has 0 N–H and O–H groups in total. The van der Waals surface area contributed by atoms with Crippen molar-refractivity contribution < 1.29 is 9.53 Å². The van der Waals surface area contributed by atoms with Gasteiger partial charge in [-0.1, -0.05) is 25.7 Å². The summed E-state index contributed by atoms with van der Waals surface area (Å²) in [6, 6.07) is 0. The maximum absolute atomic E-state index is 10.2. The summed E-state index contributed by atoms with van der Waals surface area (Å²) in [5.41, 5.74) is -0.276. The van der Waals surface area contributed by atoms with E-state index in [0.29, 0.717) is 12.5 Å². The van der Waals surface area contributed by atoms with Crippen LogP contribution in [-0.4, -0.2) is 25.3 Å². The quantitative estimate of drug-likeness (QED) is 0.407. The third-order valence-corrected chi connectivity index (χ3v) is 3.64. The Labute approximate surface area is 91.9 Å². The van der Waals surface area contributed by atoms with E-state index in [2.05, 4.69) is 11.9 Å². The van der Waals surface area contributed by atoms with Gasteiger partial charge in [0.1, 0.15) is 0 Å². The van der Waals surface area contributed by atoms with Gasteiger partial charge >= 0.3 is 0 Å². The van der Waals surface area contributed by atoms with E-state index in [9.17, 15) is 4.79 Å². The molecule has 0 heterocycles. The molecular formula is C12H21NO2. The van der Waals surface area contributed by atoms with Gasteiger partial charge < -0.3 is 4.74 Å². The first kappa shape index (κ1) is 12.4. The lowest BCUT2D eigenvalue weighted by Crippen LogP contribution is -2.39. The van der Waals surface area contributed by atoms with Crippen molar-refractivity contribution in [1.82, 2.24) is 0 Å². The molecule has 1 saturated carbocycles. The molecule has 3 nitrogen and oxygen atoms in total. The van der Waals surface area contributed by atoms with Crippen molar-refractivity contribution in [3.05, 3.63) is 0 Å². The number of rotatable bonds is 4. The zero-order valence-corrected chi connectivity index (χ0v) is 9.79. The largest absolute Gasteiger partial charge is 0.376 e. The van der Waals surface area contributed by atoms with E-state index < -0.39 is 0 Å². The van der Waals surface area contributed by atoms with E-state index in [0.717, 1.165) is 0 Å². The van der Waals surface area contributed by atoms with E-state index >= 15 is 0 Å². The zero-order chi connectivity index (χ0) is 11.1. The maximum Gasteiger partial charge on any atom is 0.235 e. The molecule has 3 heteroatoms. The van der Waals surface area contributed by atoms with E-state index in [1.165, 1.54) is 38.5 Å². The number of hydrogen-bond acceptors (Lipinski definition) is 3. The molecule has 0 aromatic rings. The van der Waals surface area contributed by atoms with Crippen LogP contribution in [0.5, 0.6) is 0 Å². The van der Waals surface area contributed by atoms with Crippen molar-refractivity contribution in [1.29, 1.82) is 0 Å². The zero-order valence-electron chi connectivity index (χ0n) is 9.79. The number of isocyanates is 1. The van der Waals surface area contributed by atoms with Crippen molar-refractivity contribution in [3.63, 3.8) is 0 Å². The molecule has 1 rings (SSSR count). The van der Waals surface area contributed by atoms with Gasteiger partial charge in [0.05, 0.1) is 12.1 Å². The Kier molecular flexibility index (Phi) is 5.00. The highest BCUT2D eigenvalue weighted by Crippen LogP contribution is 2.33. The summed E-state index contributed by atoms with van der Waals surface area (Å²) in [4.78, 5) is 13.9. The summed E-state index contributed by atoms with van der Waals surface area (Å²) in [5, 5.41) is 0. The highest BCUT2D eigenvalue weighted by molar-refractivity contribution is 5.33. The highest BCUT2D eigenvalue weighted by Gasteiger charge is 2.34. The van der Waals surface area contributed by atoms with Crippen LogP contribution in [0.3, 0.4) is 0 Å². The van der Waals surface area contributed by atoms with Crippen LogP contribution in [-0.2, 0) is 9.53 Å². The minimum Gasteiger partial charge on any atom is -0.376 e. The minimum absolute atomic E-state index is 0.276. The smallest absolute Gasteiger partial charge is 0.235 e. The molecule has 1 fully saturated rings. The molecule has 0 saturated heterocycles. The number of hydrogen-bond donors (Lipinski definition) is 0. The van der Waals surface area contributed by atoms with Crippen molar-refractivity contribution >= 4 is 6.08 Å². The molecule has 15 heavy (non-hydrogen) atoms. The van der Waals surface area contributed by atoms with Gasteiger partial charge in [-0.25, -0.2) is 9.79 Å². The second-order valence-electron chi connectivity index (χ2n) is 4.61. The van der Waals surface area contributed by atoms with E-state index in [1.54, 1.807) is 13.2 Å².